The Hall–Kier alpha value is -11.0. The quantitative estimate of drug-likeness (QED) is 0.159. The highest BCUT2D eigenvalue weighted by molar-refractivity contribution is 6.07. The van der Waals surface area contributed by atoms with Crippen LogP contribution in [0.2, 0.25) is 0 Å². The summed E-state index contributed by atoms with van der Waals surface area (Å²) in [7, 11) is 0. The van der Waals surface area contributed by atoms with Crippen molar-refractivity contribution in [1.29, 1.82) is 0 Å². The molecule has 2 aliphatic carbocycles. The molecule has 3 heteroatoms. The zero-order valence-electron chi connectivity index (χ0n) is 46.2. The fourth-order valence-electron chi connectivity index (χ4n) is 15.1. The molecule has 0 atom stereocenters. The smallest absolute Gasteiger partial charge is 0.140 e. The van der Waals surface area contributed by atoms with Crippen LogP contribution in [0.25, 0.3) is 88.0 Å². The number of para-hydroxylation sites is 1. The third-order valence-electron chi connectivity index (χ3n) is 18.8. The van der Waals surface area contributed by atoms with Gasteiger partial charge in [0.2, 0.25) is 0 Å². The van der Waals surface area contributed by atoms with Crippen LogP contribution in [0.4, 0.5) is 17.1 Å². The van der Waals surface area contributed by atoms with Crippen molar-refractivity contribution in [2.45, 2.75) is 10.8 Å². The summed E-state index contributed by atoms with van der Waals surface area (Å²) in [5.74, 6) is 1.82. The first-order valence-corrected chi connectivity index (χ1v) is 29.4. The van der Waals surface area contributed by atoms with Crippen LogP contribution in [0.15, 0.2) is 314 Å². The summed E-state index contributed by atoms with van der Waals surface area (Å²) >= 11 is 0. The van der Waals surface area contributed by atoms with Gasteiger partial charge in [-0.1, -0.05) is 249 Å². The first kappa shape index (κ1) is 47.6. The van der Waals surface area contributed by atoms with E-state index in [4.69, 9.17) is 9.15 Å². The number of rotatable bonds is 7. The summed E-state index contributed by atoms with van der Waals surface area (Å²) in [4.78, 5) is 2.45. The van der Waals surface area contributed by atoms with Gasteiger partial charge in [-0.15, -0.1) is 0 Å². The molecule has 396 valence electrons. The predicted octanol–water partition coefficient (Wildman–Crippen LogP) is 21.5. The van der Waals surface area contributed by atoms with Crippen molar-refractivity contribution in [3.05, 3.63) is 354 Å². The molecule has 3 nitrogen and oxygen atoms in total. The summed E-state index contributed by atoms with van der Waals surface area (Å²) in [6, 6.07) is 114. The molecule has 0 radical (unpaired) electrons. The monoisotopic (exact) mass is 1080 g/mol. The molecule has 0 saturated heterocycles. The van der Waals surface area contributed by atoms with E-state index in [0.29, 0.717) is 0 Å². The lowest BCUT2D eigenvalue weighted by Gasteiger charge is -2.40. The SMILES string of the molecule is c1ccc(C2(c3ccccc3)c3ccccc3-c3ccc(N(c4ccc(-c5ccc6oc7ccccc7c6c5)cc4)c4cccc(-c5ccc6c(c5)C5(c7ccccc7-6)c6ccc7ccccc7c6Oc6c5ccc5ccccc65)c4)cc32)cc1. The lowest BCUT2D eigenvalue weighted by Crippen LogP contribution is -2.32. The average molecular weight is 1080 g/mol. The minimum Gasteiger partial charge on any atom is -0.456 e. The lowest BCUT2D eigenvalue weighted by atomic mass is 9.65. The predicted molar refractivity (Wildman–Crippen MR) is 349 cm³/mol. The van der Waals surface area contributed by atoms with Crippen LogP contribution in [0.5, 0.6) is 11.5 Å². The molecular weight excluding hydrogens is 1030 g/mol. The fourth-order valence-corrected chi connectivity index (χ4v) is 15.1. The summed E-state index contributed by atoms with van der Waals surface area (Å²) < 4.78 is 13.6. The Morgan fingerprint density at radius 2 is 0.729 bits per heavy atom. The molecule has 14 aromatic carbocycles. The van der Waals surface area contributed by atoms with Crippen molar-refractivity contribution in [1.82, 2.24) is 0 Å². The van der Waals surface area contributed by atoms with Crippen molar-refractivity contribution in [2.75, 3.05) is 4.90 Å². The van der Waals surface area contributed by atoms with Gasteiger partial charge in [0.25, 0.3) is 0 Å². The van der Waals surface area contributed by atoms with Gasteiger partial charge in [0.05, 0.1) is 10.8 Å². The zero-order chi connectivity index (χ0) is 55.8. The van der Waals surface area contributed by atoms with E-state index in [-0.39, 0.29) is 0 Å². The van der Waals surface area contributed by atoms with Crippen molar-refractivity contribution >= 4 is 60.5 Å². The van der Waals surface area contributed by atoms with E-state index in [9.17, 15) is 0 Å². The van der Waals surface area contributed by atoms with Gasteiger partial charge in [-0.05, 0) is 149 Å². The fraction of sp³-hybridized carbons (Fsp3) is 0.0244. The Balaban J connectivity index is 0.840. The molecule has 18 rings (SSSR count). The maximum absolute atomic E-state index is 7.32. The van der Waals surface area contributed by atoms with Gasteiger partial charge in [0.15, 0.2) is 0 Å². The number of anilines is 3. The molecule has 0 saturated carbocycles. The van der Waals surface area contributed by atoms with E-state index in [1.165, 1.54) is 55.6 Å². The maximum atomic E-state index is 7.32. The van der Waals surface area contributed by atoms with E-state index in [2.05, 4.69) is 302 Å². The maximum Gasteiger partial charge on any atom is 0.140 e. The molecule has 3 aliphatic rings. The van der Waals surface area contributed by atoms with Crippen molar-refractivity contribution < 1.29 is 9.15 Å². The number of hydrogen-bond acceptors (Lipinski definition) is 3. The third kappa shape index (κ3) is 6.78. The van der Waals surface area contributed by atoms with E-state index in [1.54, 1.807) is 0 Å². The Bertz CT molecular complexity index is 5100. The topological polar surface area (TPSA) is 25.6 Å². The largest absolute Gasteiger partial charge is 0.456 e. The van der Waals surface area contributed by atoms with Crippen LogP contribution in [-0.2, 0) is 10.8 Å². The summed E-state index contributed by atoms with van der Waals surface area (Å²) in [6.45, 7) is 0. The summed E-state index contributed by atoms with van der Waals surface area (Å²) in [6.07, 6.45) is 0. The van der Waals surface area contributed by atoms with Gasteiger partial charge in [-0.3, -0.25) is 0 Å². The van der Waals surface area contributed by atoms with Crippen LogP contribution in [0.1, 0.15) is 44.5 Å². The molecule has 1 aromatic heterocycles. The molecule has 1 spiro atoms. The molecular formula is C82H51NO2. The lowest BCUT2D eigenvalue weighted by molar-refractivity contribution is 0.447. The van der Waals surface area contributed by atoms with Crippen LogP contribution < -0.4 is 9.64 Å². The average Bonchev–Trinajstić information content (AvgIpc) is 1.71. The Labute approximate surface area is 492 Å². The van der Waals surface area contributed by atoms with Crippen molar-refractivity contribution in [3.63, 3.8) is 0 Å². The number of fused-ring (bicyclic) bond motifs is 19. The number of nitrogens with zero attached hydrogens (tertiary/aromatic N) is 1. The second-order valence-electron chi connectivity index (χ2n) is 23.0. The van der Waals surface area contributed by atoms with Gasteiger partial charge in [-0.2, -0.15) is 0 Å². The number of furan rings is 1. The molecule has 0 amide bonds. The second-order valence-corrected chi connectivity index (χ2v) is 23.0. The molecule has 0 N–H and O–H groups in total. The molecule has 85 heavy (non-hydrogen) atoms. The minimum atomic E-state index is -0.675. The van der Waals surface area contributed by atoms with E-state index >= 15 is 0 Å². The summed E-state index contributed by atoms with van der Waals surface area (Å²) in [5.41, 5.74) is 23.0. The van der Waals surface area contributed by atoms with Gasteiger partial charge in [0.1, 0.15) is 22.7 Å². The molecule has 0 bridgehead atoms. The number of benzene rings is 14. The molecule has 2 heterocycles. The van der Waals surface area contributed by atoms with Crippen molar-refractivity contribution in [2.24, 2.45) is 0 Å². The molecule has 0 unspecified atom stereocenters. The summed E-state index contributed by atoms with van der Waals surface area (Å²) in [5, 5.41) is 6.75. The van der Waals surface area contributed by atoms with E-state index in [1.807, 2.05) is 12.1 Å². The van der Waals surface area contributed by atoms with Crippen LogP contribution in [0.3, 0.4) is 0 Å². The van der Waals surface area contributed by atoms with Gasteiger partial charge < -0.3 is 14.1 Å². The van der Waals surface area contributed by atoms with Gasteiger partial charge in [0, 0.05) is 49.7 Å². The van der Waals surface area contributed by atoms with Gasteiger partial charge >= 0.3 is 0 Å². The van der Waals surface area contributed by atoms with E-state index < -0.39 is 10.8 Å². The normalized spacial score (nSPS) is 13.7. The second kappa shape index (κ2) is 18.2. The molecule has 0 fully saturated rings. The molecule has 1 aliphatic heterocycles. The minimum absolute atomic E-state index is 0.574. The Morgan fingerprint density at radius 3 is 1.41 bits per heavy atom. The first-order chi connectivity index (χ1) is 42.1. The first-order valence-electron chi connectivity index (χ1n) is 29.4. The highest BCUT2D eigenvalue weighted by atomic mass is 16.5. The highest BCUT2D eigenvalue weighted by Crippen LogP contribution is 2.65. The number of ether oxygens (including phenoxy) is 1. The van der Waals surface area contributed by atoms with Crippen LogP contribution >= 0.6 is 0 Å². The Morgan fingerprint density at radius 1 is 0.247 bits per heavy atom. The standard InChI is InChI=1S/C82H51NO2/c1-3-21-58(22-4-1)81(59-23-5-2-6-24-59)71-31-14-11-28-65(71)68-44-42-62(51-76(68)81)83(60-40-34-52(35-41-60)56-39-47-78-70(49-56)69-30-13-16-33-77(69)84-78)61-25-17-20-55(48-61)57-36-43-67-66-29-12-15-32-72(66)82(75(67)50-57)73-45-37-53-18-7-9-26-63(53)79(73)85-80-64-27-10-8-19-54(64)38-46-74(80)82/h1-51H. The number of hydrogen-bond donors (Lipinski definition) is 0. The van der Waals surface area contributed by atoms with E-state index in [0.717, 1.165) is 105 Å². The molecule has 15 aromatic rings. The highest BCUT2D eigenvalue weighted by Gasteiger charge is 2.52. The van der Waals surface area contributed by atoms with Crippen molar-refractivity contribution in [3.8, 4) is 56.0 Å². The van der Waals surface area contributed by atoms with Crippen LogP contribution in [0, 0.1) is 0 Å². The third-order valence-corrected chi connectivity index (χ3v) is 18.8. The van der Waals surface area contributed by atoms with Crippen LogP contribution in [-0.4, -0.2) is 0 Å². The zero-order valence-corrected chi connectivity index (χ0v) is 46.2. The van der Waals surface area contributed by atoms with Gasteiger partial charge in [-0.25, -0.2) is 0 Å². The Kier molecular flexibility index (Phi) is 10.2.